The number of amides is 1. The Labute approximate surface area is 136 Å². The minimum atomic E-state index is -0.0112. The molecule has 1 heterocycles. The molecular formula is C17H23N3OS. The van der Waals surface area contributed by atoms with E-state index in [4.69, 9.17) is 0 Å². The number of carbonyl (C=O) groups is 1. The fourth-order valence-electron chi connectivity index (χ4n) is 2.19. The first kappa shape index (κ1) is 16.6. The number of carbonyl (C=O) groups excluding carboxylic acids is 1. The fraction of sp³-hybridized carbons (Fsp3) is 0.412. The lowest BCUT2D eigenvalue weighted by Gasteiger charge is -2.16. The van der Waals surface area contributed by atoms with Gasteiger partial charge in [0.25, 0.3) is 5.91 Å². The largest absolute Gasteiger partial charge is 0.351 e. The van der Waals surface area contributed by atoms with E-state index in [0.29, 0.717) is 11.4 Å². The number of aromatic nitrogens is 1. The Balaban J connectivity index is 1.65. The smallest absolute Gasteiger partial charge is 0.263 e. The molecule has 0 aliphatic heterocycles. The summed E-state index contributed by atoms with van der Waals surface area (Å²) in [4.78, 5) is 19.1. The molecule has 0 saturated heterocycles. The maximum Gasteiger partial charge on any atom is 0.263 e. The van der Waals surface area contributed by atoms with Crippen molar-refractivity contribution in [2.45, 2.75) is 26.3 Å². The van der Waals surface area contributed by atoms with Crippen molar-refractivity contribution in [2.75, 3.05) is 20.1 Å². The molecule has 2 rings (SSSR count). The van der Waals surface area contributed by atoms with Crippen LogP contribution in [0.5, 0.6) is 0 Å². The second-order valence-corrected chi connectivity index (χ2v) is 6.42. The summed E-state index contributed by atoms with van der Waals surface area (Å²) in [6.07, 6.45) is 3.48. The molecule has 1 N–H and O–H groups in total. The van der Waals surface area contributed by atoms with E-state index < -0.39 is 0 Å². The summed E-state index contributed by atoms with van der Waals surface area (Å²) in [5.41, 5.74) is 1.31. The topological polar surface area (TPSA) is 45.2 Å². The van der Waals surface area contributed by atoms with Crippen LogP contribution in [0.25, 0.3) is 0 Å². The molecule has 0 aliphatic rings. The molecule has 5 heteroatoms. The van der Waals surface area contributed by atoms with Crippen molar-refractivity contribution in [1.82, 2.24) is 15.2 Å². The lowest BCUT2D eigenvalue weighted by molar-refractivity contribution is 0.0955. The van der Waals surface area contributed by atoms with Gasteiger partial charge in [0, 0.05) is 13.1 Å². The molecule has 22 heavy (non-hydrogen) atoms. The van der Waals surface area contributed by atoms with Crippen LogP contribution in [0.3, 0.4) is 0 Å². The first-order chi connectivity index (χ1) is 10.7. The van der Waals surface area contributed by atoms with Gasteiger partial charge in [-0.1, -0.05) is 37.3 Å². The van der Waals surface area contributed by atoms with Gasteiger partial charge in [-0.25, -0.2) is 4.98 Å². The minimum Gasteiger partial charge on any atom is -0.351 e. The monoisotopic (exact) mass is 317 g/mol. The summed E-state index contributed by atoms with van der Waals surface area (Å²) in [6, 6.07) is 10.4. The van der Waals surface area contributed by atoms with E-state index in [1.54, 1.807) is 6.20 Å². The standard InChI is InChI=1S/C17H23N3OS/c1-3-16-19-12-15(22-16)17(21)18-10-7-11-20(2)13-14-8-5-4-6-9-14/h4-6,8-9,12H,3,7,10-11,13H2,1-2H3,(H,18,21). The highest BCUT2D eigenvalue weighted by Crippen LogP contribution is 2.12. The lowest BCUT2D eigenvalue weighted by atomic mass is 10.2. The van der Waals surface area contributed by atoms with Crippen molar-refractivity contribution in [3.05, 3.63) is 52.0 Å². The van der Waals surface area contributed by atoms with Crippen LogP contribution in [0, 0.1) is 0 Å². The second kappa shape index (κ2) is 8.66. The maximum absolute atomic E-state index is 12.0. The van der Waals surface area contributed by atoms with Crippen LogP contribution < -0.4 is 5.32 Å². The van der Waals surface area contributed by atoms with Crippen LogP contribution in [0.1, 0.15) is 33.6 Å². The third kappa shape index (κ3) is 5.24. The Morgan fingerprint density at radius 1 is 1.32 bits per heavy atom. The van der Waals surface area contributed by atoms with E-state index in [1.165, 1.54) is 16.9 Å². The Morgan fingerprint density at radius 2 is 2.09 bits per heavy atom. The first-order valence-corrected chi connectivity index (χ1v) is 8.46. The highest BCUT2D eigenvalue weighted by Gasteiger charge is 2.09. The average Bonchev–Trinajstić information content (AvgIpc) is 3.01. The zero-order valence-corrected chi connectivity index (χ0v) is 14.0. The highest BCUT2D eigenvalue weighted by atomic mass is 32.1. The Hall–Kier alpha value is -1.72. The molecule has 0 bridgehead atoms. The van der Waals surface area contributed by atoms with E-state index >= 15 is 0 Å². The van der Waals surface area contributed by atoms with Crippen LogP contribution in [-0.4, -0.2) is 35.9 Å². The van der Waals surface area contributed by atoms with Crippen molar-refractivity contribution in [3.8, 4) is 0 Å². The van der Waals surface area contributed by atoms with E-state index in [9.17, 15) is 4.79 Å². The Kier molecular flexibility index (Phi) is 6.55. The molecule has 0 aliphatic carbocycles. The van der Waals surface area contributed by atoms with Gasteiger partial charge in [-0.2, -0.15) is 0 Å². The normalized spacial score (nSPS) is 10.9. The molecule has 118 valence electrons. The number of benzene rings is 1. The van der Waals surface area contributed by atoms with E-state index in [2.05, 4.69) is 46.5 Å². The minimum absolute atomic E-state index is 0.0112. The number of hydrogen-bond acceptors (Lipinski definition) is 4. The molecule has 1 amide bonds. The van der Waals surface area contributed by atoms with Gasteiger partial charge in [-0.3, -0.25) is 4.79 Å². The quantitative estimate of drug-likeness (QED) is 0.761. The van der Waals surface area contributed by atoms with Crippen molar-refractivity contribution < 1.29 is 4.79 Å². The van der Waals surface area contributed by atoms with Gasteiger partial charge in [-0.05, 0) is 32.0 Å². The molecule has 1 aromatic heterocycles. The molecule has 0 saturated carbocycles. The van der Waals surface area contributed by atoms with Gasteiger partial charge in [0.15, 0.2) is 0 Å². The SMILES string of the molecule is CCc1ncc(C(=O)NCCCN(C)Cc2ccccc2)s1. The molecule has 0 radical (unpaired) electrons. The summed E-state index contributed by atoms with van der Waals surface area (Å²) < 4.78 is 0. The Bertz CT molecular complexity index is 583. The predicted molar refractivity (Wildman–Crippen MR) is 91.2 cm³/mol. The molecular weight excluding hydrogens is 294 g/mol. The molecule has 1 aromatic carbocycles. The average molecular weight is 317 g/mol. The number of nitrogens with one attached hydrogen (secondary N) is 1. The lowest BCUT2D eigenvalue weighted by Crippen LogP contribution is -2.27. The van der Waals surface area contributed by atoms with Crippen molar-refractivity contribution in [3.63, 3.8) is 0 Å². The van der Waals surface area contributed by atoms with Gasteiger partial charge in [0.2, 0.25) is 0 Å². The van der Waals surface area contributed by atoms with E-state index in [-0.39, 0.29) is 5.91 Å². The van der Waals surface area contributed by atoms with Gasteiger partial charge < -0.3 is 10.2 Å². The van der Waals surface area contributed by atoms with Gasteiger partial charge in [0.05, 0.1) is 11.2 Å². The van der Waals surface area contributed by atoms with Crippen molar-refractivity contribution in [2.24, 2.45) is 0 Å². The number of hydrogen-bond donors (Lipinski definition) is 1. The zero-order chi connectivity index (χ0) is 15.8. The summed E-state index contributed by atoms with van der Waals surface area (Å²) >= 11 is 1.47. The second-order valence-electron chi connectivity index (χ2n) is 5.30. The highest BCUT2D eigenvalue weighted by molar-refractivity contribution is 7.13. The van der Waals surface area contributed by atoms with Crippen LogP contribution >= 0.6 is 11.3 Å². The van der Waals surface area contributed by atoms with Gasteiger partial charge in [-0.15, -0.1) is 11.3 Å². The van der Waals surface area contributed by atoms with Crippen LogP contribution in [0.2, 0.25) is 0 Å². The first-order valence-electron chi connectivity index (χ1n) is 7.64. The third-order valence-corrected chi connectivity index (χ3v) is 4.52. The van der Waals surface area contributed by atoms with Crippen LogP contribution in [0.15, 0.2) is 36.5 Å². The van der Waals surface area contributed by atoms with Crippen LogP contribution in [-0.2, 0) is 13.0 Å². The van der Waals surface area contributed by atoms with Gasteiger partial charge >= 0.3 is 0 Å². The van der Waals surface area contributed by atoms with E-state index in [0.717, 1.165) is 30.9 Å². The summed E-state index contributed by atoms with van der Waals surface area (Å²) in [5.74, 6) is -0.0112. The summed E-state index contributed by atoms with van der Waals surface area (Å²) in [5, 5.41) is 3.97. The van der Waals surface area contributed by atoms with E-state index in [1.807, 2.05) is 13.0 Å². The zero-order valence-electron chi connectivity index (χ0n) is 13.2. The number of rotatable bonds is 8. The number of thiazole rings is 1. The molecule has 4 nitrogen and oxygen atoms in total. The molecule has 2 aromatic rings. The molecule has 0 unspecified atom stereocenters. The number of nitrogens with zero attached hydrogens (tertiary/aromatic N) is 2. The molecule has 0 atom stereocenters. The van der Waals surface area contributed by atoms with Crippen molar-refractivity contribution in [1.29, 1.82) is 0 Å². The predicted octanol–water partition coefficient (Wildman–Crippen LogP) is 2.96. The maximum atomic E-state index is 12.0. The summed E-state index contributed by atoms with van der Waals surface area (Å²) in [7, 11) is 2.10. The Morgan fingerprint density at radius 3 is 2.77 bits per heavy atom. The number of aryl methyl sites for hydroxylation is 1. The van der Waals surface area contributed by atoms with Crippen molar-refractivity contribution >= 4 is 17.2 Å². The molecule has 0 spiro atoms. The van der Waals surface area contributed by atoms with Gasteiger partial charge in [0.1, 0.15) is 4.88 Å². The molecule has 0 fully saturated rings. The third-order valence-electron chi connectivity index (χ3n) is 3.38. The summed E-state index contributed by atoms with van der Waals surface area (Å²) in [6.45, 7) is 4.63. The fourth-order valence-corrected chi connectivity index (χ4v) is 2.96. The van der Waals surface area contributed by atoms with Crippen LogP contribution in [0.4, 0.5) is 0 Å².